The van der Waals surface area contributed by atoms with E-state index in [0.717, 1.165) is 9.26 Å². The van der Waals surface area contributed by atoms with Gasteiger partial charge in [0.15, 0.2) is 0 Å². The Morgan fingerprint density at radius 1 is 1.08 bits per heavy atom. The summed E-state index contributed by atoms with van der Waals surface area (Å²) in [7, 11) is 1.58. The van der Waals surface area contributed by atoms with Crippen LogP contribution < -0.4 is 15.4 Å². The van der Waals surface area contributed by atoms with Crippen LogP contribution in [-0.2, 0) is 4.79 Å². The first-order valence-electron chi connectivity index (χ1n) is 7.57. The second-order valence-electron chi connectivity index (χ2n) is 5.12. The number of halogens is 1. The minimum atomic E-state index is -0.157. The molecule has 0 aromatic heterocycles. The number of amides is 2. The number of rotatable bonds is 7. The molecule has 5 nitrogen and oxygen atoms in total. The van der Waals surface area contributed by atoms with Crippen molar-refractivity contribution in [3.63, 3.8) is 0 Å². The summed E-state index contributed by atoms with van der Waals surface area (Å²) in [5, 5.41) is 5.68. The molecule has 0 radical (unpaired) electrons. The van der Waals surface area contributed by atoms with E-state index in [1.54, 1.807) is 31.4 Å². The van der Waals surface area contributed by atoms with E-state index in [2.05, 4.69) is 33.2 Å². The monoisotopic (exact) mass is 438 g/mol. The lowest BCUT2D eigenvalue weighted by Gasteiger charge is -2.08. The van der Waals surface area contributed by atoms with E-state index in [-0.39, 0.29) is 11.8 Å². The van der Waals surface area contributed by atoms with Gasteiger partial charge in [-0.3, -0.25) is 9.59 Å². The van der Waals surface area contributed by atoms with E-state index in [9.17, 15) is 9.59 Å². The molecule has 2 rings (SSSR count). The van der Waals surface area contributed by atoms with Crippen LogP contribution in [0.2, 0.25) is 0 Å². The van der Waals surface area contributed by atoms with Crippen LogP contribution in [0.1, 0.15) is 23.2 Å². The van der Waals surface area contributed by atoms with E-state index in [4.69, 9.17) is 4.74 Å². The highest BCUT2D eigenvalue weighted by atomic mass is 127. The Labute approximate surface area is 154 Å². The Morgan fingerprint density at radius 2 is 1.79 bits per heavy atom. The number of carbonyl (C=O) groups excluding carboxylic acids is 2. The molecule has 0 atom stereocenters. The van der Waals surface area contributed by atoms with Crippen LogP contribution in [0.3, 0.4) is 0 Å². The Kier molecular flexibility index (Phi) is 7.05. The molecule has 0 saturated heterocycles. The van der Waals surface area contributed by atoms with Crippen molar-refractivity contribution in [1.82, 2.24) is 5.32 Å². The smallest absolute Gasteiger partial charge is 0.251 e. The van der Waals surface area contributed by atoms with Gasteiger partial charge in [0.05, 0.1) is 12.8 Å². The van der Waals surface area contributed by atoms with Crippen LogP contribution in [0.5, 0.6) is 5.75 Å². The number of nitrogens with one attached hydrogen (secondary N) is 2. The number of carbonyl (C=O) groups is 2. The van der Waals surface area contributed by atoms with Gasteiger partial charge in [-0.05, 0) is 65.4 Å². The van der Waals surface area contributed by atoms with Gasteiger partial charge in [0.1, 0.15) is 5.75 Å². The maximum atomic E-state index is 12.0. The number of ether oxygens (including phenoxy) is 1. The lowest BCUT2D eigenvalue weighted by molar-refractivity contribution is -0.116. The first kappa shape index (κ1) is 18.3. The molecular weight excluding hydrogens is 419 g/mol. The molecule has 0 spiro atoms. The summed E-state index contributed by atoms with van der Waals surface area (Å²) in [5.41, 5.74) is 1.38. The van der Waals surface area contributed by atoms with Gasteiger partial charge in [-0.2, -0.15) is 0 Å². The van der Waals surface area contributed by atoms with Crippen LogP contribution in [0, 0.1) is 3.57 Å². The predicted molar refractivity (Wildman–Crippen MR) is 102 cm³/mol. The molecule has 0 heterocycles. The number of hydrogen-bond donors (Lipinski definition) is 2. The summed E-state index contributed by atoms with van der Waals surface area (Å²) in [6, 6.07) is 14.5. The molecular formula is C18H19IN2O3. The van der Waals surface area contributed by atoms with Gasteiger partial charge in [-0.25, -0.2) is 0 Å². The van der Waals surface area contributed by atoms with Gasteiger partial charge in [-0.15, -0.1) is 0 Å². The SMILES string of the molecule is COc1ccc(C(=O)NCCCC(=O)Nc2ccccc2I)cc1. The van der Waals surface area contributed by atoms with Crippen molar-refractivity contribution in [3.8, 4) is 5.75 Å². The Bertz CT molecular complexity index is 702. The third-order valence-electron chi connectivity index (χ3n) is 3.37. The lowest BCUT2D eigenvalue weighted by Crippen LogP contribution is -2.25. The van der Waals surface area contributed by atoms with Gasteiger partial charge < -0.3 is 15.4 Å². The maximum absolute atomic E-state index is 12.0. The molecule has 0 aliphatic rings. The van der Waals surface area contributed by atoms with E-state index < -0.39 is 0 Å². The van der Waals surface area contributed by atoms with E-state index >= 15 is 0 Å². The van der Waals surface area contributed by atoms with Crippen LogP contribution in [0.15, 0.2) is 48.5 Å². The molecule has 2 aromatic rings. The average Bonchev–Trinajstić information content (AvgIpc) is 2.60. The molecule has 2 aromatic carbocycles. The summed E-state index contributed by atoms with van der Waals surface area (Å²) < 4.78 is 6.05. The second-order valence-corrected chi connectivity index (χ2v) is 6.28. The number of methoxy groups -OCH3 is 1. The molecule has 0 bridgehead atoms. The van der Waals surface area contributed by atoms with Crippen molar-refractivity contribution in [2.75, 3.05) is 19.0 Å². The van der Waals surface area contributed by atoms with Crippen LogP contribution in [0.4, 0.5) is 5.69 Å². The molecule has 6 heteroatoms. The topological polar surface area (TPSA) is 67.4 Å². The first-order chi connectivity index (χ1) is 11.6. The fourth-order valence-corrected chi connectivity index (χ4v) is 2.59. The van der Waals surface area contributed by atoms with Crippen molar-refractivity contribution in [3.05, 3.63) is 57.7 Å². The van der Waals surface area contributed by atoms with Gasteiger partial charge in [0.25, 0.3) is 5.91 Å². The molecule has 24 heavy (non-hydrogen) atoms. The van der Waals surface area contributed by atoms with Crippen molar-refractivity contribution in [1.29, 1.82) is 0 Å². The molecule has 0 saturated carbocycles. The Balaban J connectivity index is 1.71. The number of benzene rings is 2. The largest absolute Gasteiger partial charge is 0.497 e. The maximum Gasteiger partial charge on any atom is 0.251 e. The zero-order valence-electron chi connectivity index (χ0n) is 13.3. The Hall–Kier alpha value is -2.09. The highest BCUT2D eigenvalue weighted by Crippen LogP contribution is 2.17. The first-order valence-corrected chi connectivity index (χ1v) is 8.64. The van der Waals surface area contributed by atoms with Crippen LogP contribution >= 0.6 is 22.6 Å². The van der Waals surface area contributed by atoms with Crippen molar-refractivity contribution >= 4 is 40.1 Å². The quantitative estimate of drug-likeness (QED) is 0.514. The highest BCUT2D eigenvalue weighted by molar-refractivity contribution is 14.1. The number of hydrogen-bond acceptors (Lipinski definition) is 3. The van der Waals surface area contributed by atoms with Crippen LogP contribution in [0.25, 0.3) is 0 Å². The standard InChI is InChI=1S/C18H19IN2O3/c1-24-14-10-8-13(9-11-14)18(23)20-12-4-7-17(22)21-16-6-3-2-5-15(16)19/h2-3,5-6,8-11H,4,7,12H2,1H3,(H,20,23)(H,21,22). The molecule has 2 N–H and O–H groups in total. The summed E-state index contributed by atoms with van der Waals surface area (Å²) in [6.45, 7) is 0.449. The fraction of sp³-hybridized carbons (Fsp3) is 0.222. The highest BCUT2D eigenvalue weighted by Gasteiger charge is 2.07. The van der Waals surface area contributed by atoms with Gasteiger partial charge >= 0.3 is 0 Å². The van der Waals surface area contributed by atoms with Gasteiger partial charge in [0, 0.05) is 22.1 Å². The molecule has 126 valence electrons. The summed E-state index contributed by atoms with van der Waals surface area (Å²) in [6.07, 6.45) is 0.936. The molecule has 0 unspecified atom stereocenters. The second kappa shape index (κ2) is 9.27. The van der Waals surface area contributed by atoms with E-state index in [1.807, 2.05) is 24.3 Å². The average molecular weight is 438 g/mol. The molecule has 2 amide bonds. The molecule has 0 aliphatic heterocycles. The number of para-hydroxylation sites is 1. The van der Waals surface area contributed by atoms with Crippen molar-refractivity contribution < 1.29 is 14.3 Å². The zero-order valence-corrected chi connectivity index (χ0v) is 15.5. The fourth-order valence-electron chi connectivity index (χ4n) is 2.07. The van der Waals surface area contributed by atoms with Crippen LogP contribution in [-0.4, -0.2) is 25.5 Å². The number of anilines is 1. The summed E-state index contributed by atoms with van der Waals surface area (Å²) in [4.78, 5) is 23.9. The van der Waals surface area contributed by atoms with Gasteiger partial charge in [0.2, 0.25) is 5.91 Å². The Morgan fingerprint density at radius 3 is 2.46 bits per heavy atom. The molecule has 0 aliphatic carbocycles. The van der Waals surface area contributed by atoms with Gasteiger partial charge in [-0.1, -0.05) is 12.1 Å². The predicted octanol–water partition coefficient (Wildman–Crippen LogP) is 3.45. The minimum Gasteiger partial charge on any atom is -0.497 e. The lowest BCUT2D eigenvalue weighted by atomic mass is 10.2. The summed E-state index contributed by atoms with van der Waals surface area (Å²) in [5.74, 6) is 0.493. The third kappa shape index (κ3) is 5.52. The normalized spacial score (nSPS) is 10.1. The molecule has 0 fully saturated rings. The van der Waals surface area contributed by atoms with Crippen molar-refractivity contribution in [2.45, 2.75) is 12.8 Å². The minimum absolute atomic E-state index is 0.0576. The zero-order chi connectivity index (χ0) is 17.4. The van der Waals surface area contributed by atoms with Crippen molar-refractivity contribution in [2.24, 2.45) is 0 Å². The van der Waals surface area contributed by atoms with E-state index in [0.29, 0.717) is 30.7 Å². The summed E-state index contributed by atoms with van der Waals surface area (Å²) >= 11 is 2.18. The van der Waals surface area contributed by atoms with E-state index in [1.165, 1.54) is 0 Å². The third-order valence-corrected chi connectivity index (χ3v) is 4.31.